The molecule has 1 aliphatic rings. The maximum absolute atomic E-state index is 13.5. The van der Waals surface area contributed by atoms with Gasteiger partial charge in [-0.3, -0.25) is 4.79 Å². The van der Waals surface area contributed by atoms with Gasteiger partial charge in [-0.25, -0.2) is 13.2 Å². The zero-order valence-corrected chi connectivity index (χ0v) is 31.1. The Morgan fingerprint density at radius 2 is 1.43 bits per heavy atom. The van der Waals surface area contributed by atoms with Gasteiger partial charge in [-0.2, -0.15) is 13.9 Å². The van der Waals surface area contributed by atoms with Crippen LogP contribution in [0.15, 0.2) is 16.9 Å². The van der Waals surface area contributed by atoms with Crippen molar-refractivity contribution >= 4 is 18.5 Å². The van der Waals surface area contributed by atoms with E-state index in [1.165, 1.54) is 5.57 Å². The SMILES string of the molecule is C=N.CCC(C)/C(=C\NCCOCCOCCOCCOCCC(=O)Oc1c(F)c(F)c(F)c(F)c1F)CCOC.N/N=C(\N)CC1CC(O)C(O)CO1. The van der Waals surface area contributed by atoms with Crippen molar-refractivity contribution in [3.8, 4) is 5.75 Å². The van der Waals surface area contributed by atoms with Crippen molar-refractivity contribution in [1.29, 1.82) is 5.41 Å². The molecule has 1 aromatic rings. The summed E-state index contributed by atoms with van der Waals surface area (Å²) in [5.74, 6) is -8.34. The van der Waals surface area contributed by atoms with Crippen molar-refractivity contribution < 1.29 is 70.1 Å². The highest BCUT2D eigenvalue weighted by atomic mass is 19.2. The lowest BCUT2D eigenvalue weighted by molar-refractivity contribution is -0.136. The van der Waals surface area contributed by atoms with Crippen LogP contribution in [0.25, 0.3) is 0 Å². The van der Waals surface area contributed by atoms with E-state index in [-0.39, 0.29) is 38.4 Å². The summed E-state index contributed by atoms with van der Waals surface area (Å²) in [5, 5.41) is 30.5. The lowest BCUT2D eigenvalue weighted by Crippen LogP contribution is -2.42. The van der Waals surface area contributed by atoms with Gasteiger partial charge in [0.15, 0.2) is 0 Å². The van der Waals surface area contributed by atoms with Gasteiger partial charge in [0.05, 0.1) is 78.1 Å². The molecule has 0 amide bonds. The number of nitrogens with one attached hydrogen (secondary N) is 2. The molecule has 0 radical (unpaired) electrons. The molecule has 1 heterocycles. The molecule has 8 N–H and O–H groups in total. The first-order valence-electron chi connectivity index (χ1n) is 17.2. The summed E-state index contributed by atoms with van der Waals surface area (Å²) in [6.45, 7) is 10.5. The second kappa shape index (κ2) is 30.8. The van der Waals surface area contributed by atoms with E-state index in [9.17, 15) is 31.9 Å². The Kier molecular flexibility index (Phi) is 28.8. The molecule has 1 aromatic carbocycles. The summed E-state index contributed by atoms with van der Waals surface area (Å²) >= 11 is 0. The minimum atomic E-state index is -2.34. The number of benzene rings is 1. The summed E-state index contributed by atoms with van der Waals surface area (Å²) in [6.07, 6.45) is 2.53. The molecule has 4 unspecified atom stereocenters. The fourth-order valence-electron chi connectivity index (χ4n) is 4.30. The second-order valence-electron chi connectivity index (χ2n) is 11.4. The van der Waals surface area contributed by atoms with E-state index in [0.717, 1.165) is 12.8 Å². The number of hydrazone groups is 1. The molecule has 2 rings (SSSR count). The molecular formula is C34H56F5N5O10. The van der Waals surface area contributed by atoms with Crippen LogP contribution in [-0.2, 0) is 33.2 Å². The third kappa shape index (κ3) is 20.8. The van der Waals surface area contributed by atoms with Gasteiger partial charge in [-0.15, -0.1) is 0 Å². The van der Waals surface area contributed by atoms with E-state index >= 15 is 0 Å². The van der Waals surface area contributed by atoms with Crippen LogP contribution in [0.2, 0.25) is 0 Å². The molecule has 1 saturated heterocycles. The first-order chi connectivity index (χ1) is 25.9. The van der Waals surface area contributed by atoms with Crippen LogP contribution in [0, 0.1) is 40.4 Å². The lowest BCUT2D eigenvalue weighted by Gasteiger charge is -2.30. The number of hydrogen-bond acceptors (Lipinski definition) is 14. The van der Waals surface area contributed by atoms with Crippen molar-refractivity contribution in [3.05, 3.63) is 40.9 Å². The smallest absolute Gasteiger partial charge is 0.313 e. The highest BCUT2D eigenvalue weighted by Gasteiger charge is 2.29. The van der Waals surface area contributed by atoms with E-state index in [4.69, 9.17) is 50.5 Å². The second-order valence-corrected chi connectivity index (χ2v) is 11.4. The van der Waals surface area contributed by atoms with Crippen molar-refractivity contribution in [1.82, 2.24) is 5.32 Å². The molecule has 4 atom stereocenters. The number of rotatable bonds is 24. The maximum atomic E-state index is 13.5. The molecule has 1 aliphatic heterocycles. The van der Waals surface area contributed by atoms with Crippen molar-refractivity contribution in [2.75, 3.05) is 79.7 Å². The number of carbonyl (C=O) groups excluding carboxylic acids is 1. The van der Waals surface area contributed by atoms with E-state index < -0.39 is 59.4 Å². The van der Waals surface area contributed by atoms with Crippen LogP contribution in [0.4, 0.5) is 22.0 Å². The van der Waals surface area contributed by atoms with E-state index in [2.05, 4.69) is 35.7 Å². The number of nitrogens with two attached hydrogens (primary N) is 2. The molecule has 20 heteroatoms. The number of methoxy groups -OCH3 is 1. The molecule has 0 aliphatic carbocycles. The fourth-order valence-corrected chi connectivity index (χ4v) is 4.30. The number of ether oxygens (including phenoxy) is 7. The van der Waals surface area contributed by atoms with Gasteiger partial charge < -0.3 is 65.7 Å². The van der Waals surface area contributed by atoms with Gasteiger partial charge in [0.2, 0.25) is 34.8 Å². The normalized spacial score (nSPS) is 17.9. The summed E-state index contributed by atoms with van der Waals surface area (Å²) in [5.41, 5.74) is 6.71. The number of nitrogens with zero attached hydrogens (tertiary/aromatic N) is 1. The maximum Gasteiger partial charge on any atom is 0.313 e. The molecule has 0 saturated carbocycles. The third-order valence-electron chi connectivity index (χ3n) is 7.52. The number of hydrogen-bond donors (Lipinski definition) is 6. The fraction of sp³-hybridized carbons (Fsp3) is 0.676. The Bertz CT molecular complexity index is 1230. The predicted molar refractivity (Wildman–Crippen MR) is 188 cm³/mol. The largest absolute Gasteiger partial charge is 0.420 e. The number of carbonyl (C=O) groups is 1. The zero-order valence-electron chi connectivity index (χ0n) is 31.1. The summed E-state index contributed by atoms with van der Waals surface area (Å²) in [7, 11) is 1.69. The van der Waals surface area contributed by atoms with Crippen LogP contribution in [0.1, 0.15) is 46.0 Å². The lowest BCUT2D eigenvalue weighted by atomic mass is 9.97. The number of aliphatic hydroxyl groups excluding tert-OH is 2. The predicted octanol–water partition coefficient (Wildman–Crippen LogP) is 2.68. The molecule has 0 bridgehead atoms. The Morgan fingerprint density at radius 3 is 1.93 bits per heavy atom. The molecule has 15 nitrogen and oxygen atoms in total. The number of esters is 1. The summed E-state index contributed by atoms with van der Waals surface area (Å²) in [4.78, 5) is 11.6. The molecule has 0 aromatic heterocycles. The van der Waals surface area contributed by atoms with Crippen LogP contribution in [0.5, 0.6) is 5.75 Å². The standard InChI is InChI=1S/C26H38F5NO7.C7H15N3O3.CH3N/c1-4-18(2)19(5-8-34-3)17-32-7-10-36-12-14-38-16-15-37-13-11-35-9-6-20(33)39-26-24(30)22(28)21(27)23(29)25(26)31;8-7(10-9)2-4-1-5(11)6(12)3-13-4;1-2/h17-18,32H,4-16H2,1-3H3;4-6,11-12H,1-3,9H2,(H2,8,10);2H,1H2/b19-17-;;. The van der Waals surface area contributed by atoms with Crippen molar-refractivity contribution in [2.24, 2.45) is 22.6 Å². The molecule has 1 fully saturated rings. The van der Waals surface area contributed by atoms with Gasteiger partial charge in [0, 0.05) is 33.1 Å². The molecule has 312 valence electrons. The Morgan fingerprint density at radius 1 is 0.907 bits per heavy atom. The van der Waals surface area contributed by atoms with E-state index in [1.54, 1.807) is 7.11 Å². The summed E-state index contributed by atoms with van der Waals surface area (Å²) < 4.78 is 102. The average Bonchev–Trinajstić information content (AvgIpc) is 3.17. The van der Waals surface area contributed by atoms with Crippen LogP contribution < -0.4 is 21.6 Å². The monoisotopic (exact) mass is 789 g/mol. The third-order valence-corrected chi connectivity index (χ3v) is 7.52. The van der Waals surface area contributed by atoms with Crippen LogP contribution in [0.3, 0.4) is 0 Å². The molecule has 54 heavy (non-hydrogen) atoms. The Balaban J connectivity index is 0.00000156. The highest BCUT2D eigenvalue weighted by Crippen LogP contribution is 2.29. The Labute approximate surface area is 312 Å². The zero-order chi connectivity index (χ0) is 40.9. The van der Waals surface area contributed by atoms with Gasteiger partial charge in [-0.05, 0) is 37.3 Å². The summed E-state index contributed by atoms with van der Waals surface area (Å²) in [6, 6.07) is 0. The van der Waals surface area contributed by atoms with Gasteiger partial charge in [0.1, 0.15) is 11.9 Å². The highest BCUT2D eigenvalue weighted by molar-refractivity contribution is 5.80. The van der Waals surface area contributed by atoms with Gasteiger partial charge in [0.25, 0.3) is 0 Å². The van der Waals surface area contributed by atoms with E-state index in [0.29, 0.717) is 64.9 Å². The average molecular weight is 790 g/mol. The number of amidine groups is 1. The minimum Gasteiger partial charge on any atom is -0.420 e. The van der Waals surface area contributed by atoms with Crippen molar-refractivity contribution in [2.45, 2.75) is 64.3 Å². The first-order valence-corrected chi connectivity index (χ1v) is 17.2. The van der Waals surface area contributed by atoms with Crippen molar-refractivity contribution in [3.63, 3.8) is 0 Å². The van der Waals surface area contributed by atoms with Crippen LogP contribution >= 0.6 is 0 Å². The van der Waals surface area contributed by atoms with Gasteiger partial charge >= 0.3 is 5.97 Å². The van der Waals surface area contributed by atoms with Gasteiger partial charge in [-0.1, -0.05) is 13.8 Å². The molecular weight excluding hydrogens is 733 g/mol. The minimum absolute atomic E-state index is 0.102. The topological polar surface area (TPSA) is 222 Å². The van der Waals surface area contributed by atoms with Crippen LogP contribution in [-0.4, -0.2) is 127 Å². The Hall–Kier alpha value is -3.50. The first kappa shape index (κ1) is 50.5. The van der Waals surface area contributed by atoms with E-state index in [1.807, 2.05) is 6.20 Å². The number of halogens is 5. The molecule has 0 spiro atoms. The quantitative estimate of drug-likeness (QED) is 0.00849. The number of aliphatic hydroxyl groups is 2.